The summed E-state index contributed by atoms with van der Waals surface area (Å²) in [6.45, 7) is 1.05. The van der Waals surface area contributed by atoms with E-state index in [9.17, 15) is 23.2 Å². The van der Waals surface area contributed by atoms with Crippen molar-refractivity contribution >= 4 is 35.1 Å². The van der Waals surface area contributed by atoms with Crippen molar-refractivity contribution in [2.45, 2.75) is 36.4 Å². The van der Waals surface area contributed by atoms with Gasteiger partial charge in [0.25, 0.3) is 0 Å². The number of nitriles is 1. The standard InChI is InChI=1S/C22H24F3N5O2S/c1-27-14-7-8-30(12-14)19-10-16(22(23,24)25)15(11-26)21(29-19)28-17-9-13(4-6-20(31)32)3-5-18(17)33-2/h3,5,9-10,14,27H,4,6-8,12H2,1-2H3,(H,28,29)(H,31,32)/t14-/m0/s1. The molecule has 0 amide bonds. The molecule has 11 heteroatoms. The lowest BCUT2D eigenvalue weighted by Gasteiger charge is -2.22. The smallest absolute Gasteiger partial charge is 0.417 e. The van der Waals surface area contributed by atoms with Gasteiger partial charge in [-0.15, -0.1) is 11.8 Å². The van der Waals surface area contributed by atoms with Crippen LogP contribution >= 0.6 is 11.8 Å². The molecule has 1 atom stereocenters. The first-order valence-corrected chi connectivity index (χ1v) is 11.5. The van der Waals surface area contributed by atoms with Gasteiger partial charge in [-0.2, -0.15) is 18.4 Å². The lowest BCUT2D eigenvalue weighted by Crippen LogP contribution is -2.30. The Labute approximate surface area is 194 Å². The zero-order chi connectivity index (χ0) is 24.2. The maximum atomic E-state index is 13.9. The molecule has 1 fully saturated rings. The SMILES string of the molecule is CN[C@H]1CCN(c2cc(C(F)(F)F)c(C#N)c(Nc3cc(CCC(=O)O)ccc3SC)n2)C1. The lowest BCUT2D eigenvalue weighted by molar-refractivity contribution is -0.138. The highest BCUT2D eigenvalue weighted by Crippen LogP contribution is 2.39. The number of hydrogen-bond acceptors (Lipinski definition) is 7. The van der Waals surface area contributed by atoms with Gasteiger partial charge in [0.05, 0.1) is 11.3 Å². The number of hydrogen-bond donors (Lipinski definition) is 3. The van der Waals surface area contributed by atoms with Crippen LogP contribution in [-0.2, 0) is 17.4 Å². The molecule has 2 heterocycles. The lowest BCUT2D eigenvalue weighted by atomic mass is 10.1. The molecule has 1 aliphatic rings. The summed E-state index contributed by atoms with van der Waals surface area (Å²) in [4.78, 5) is 17.8. The highest BCUT2D eigenvalue weighted by molar-refractivity contribution is 7.98. The first-order valence-electron chi connectivity index (χ1n) is 10.3. The highest BCUT2D eigenvalue weighted by Gasteiger charge is 2.37. The van der Waals surface area contributed by atoms with Gasteiger partial charge in [-0.25, -0.2) is 4.98 Å². The Morgan fingerprint density at radius 3 is 2.73 bits per heavy atom. The average molecular weight is 480 g/mol. The first-order chi connectivity index (χ1) is 15.7. The Morgan fingerprint density at radius 2 is 2.15 bits per heavy atom. The van der Waals surface area contributed by atoms with Crippen molar-refractivity contribution in [1.82, 2.24) is 10.3 Å². The second kappa shape index (κ2) is 10.3. The van der Waals surface area contributed by atoms with Crippen molar-refractivity contribution in [3.05, 3.63) is 41.0 Å². The van der Waals surface area contributed by atoms with E-state index in [1.165, 1.54) is 11.8 Å². The summed E-state index contributed by atoms with van der Waals surface area (Å²) in [7, 11) is 1.80. The van der Waals surface area contributed by atoms with Gasteiger partial charge in [-0.3, -0.25) is 4.79 Å². The Morgan fingerprint density at radius 1 is 1.39 bits per heavy atom. The largest absolute Gasteiger partial charge is 0.481 e. The number of thioether (sulfide) groups is 1. The van der Waals surface area contributed by atoms with Gasteiger partial charge in [-0.05, 0) is 49.9 Å². The normalized spacial score (nSPS) is 16.0. The molecule has 0 unspecified atom stereocenters. The number of carboxylic acids is 1. The van der Waals surface area contributed by atoms with Crippen LogP contribution in [0.15, 0.2) is 29.2 Å². The van der Waals surface area contributed by atoms with Crippen molar-refractivity contribution in [3.8, 4) is 6.07 Å². The maximum Gasteiger partial charge on any atom is 0.417 e. The molecule has 0 radical (unpaired) electrons. The molecule has 0 spiro atoms. The Bertz CT molecular complexity index is 1070. The Hall–Kier alpha value is -2.97. The summed E-state index contributed by atoms with van der Waals surface area (Å²) < 4.78 is 41.6. The number of aromatic nitrogens is 1. The van der Waals surface area contributed by atoms with Crippen LogP contribution in [0.4, 0.5) is 30.5 Å². The number of benzene rings is 1. The van der Waals surface area contributed by atoms with E-state index >= 15 is 0 Å². The van der Waals surface area contributed by atoms with Gasteiger partial charge in [0.15, 0.2) is 5.82 Å². The third-order valence-electron chi connectivity index (χ3n) is 5.49. The number of halogens is 3. The number of anilines is 3. The zero-order valence-electron chi connectivity index (χ0n) is 18.2. The van der Waals surface area contributed by atoms with Crippen molar-refractivity contribution in [3.63, 3.8) is 0 Å². The fourth-order valence-electron chi connectivity index (χ4n) is 3.71. The predicted molar refractivity (Wildman–Crippen MR) is 121 cm³/mol. The molecule has 7 nitrogen and oxygen atoms in total. The molecule has 1 aliphatic heterocycles. The minimum absolute atomic E-state index is 0.0744. The molecule has 176 valence electrons. The Balaban J connectivity index is 2.06. The van der Waals surface area contributed by atoms with Gasteiger partial charge in [0, 0.05) is 30.4 Å². The van der Waals surface area contributed by atoms with Crippen LogP contribution in [0.5, 0.6) is 0 Å². The summed E-state index contributed by atoms with van der Waals surface area (Å²) in [6, 6.07) is 7.96. The van der Waals surface area contributed by atoms with Crippen LogP contribution in [0, 0.1) is 11.3 Å². The molecule has 33 heavy (non-hydrogen) atoms. The van der Waals surface area contributed by atoms with E-state index in [0.29, 0.717) is 24.3 Å². The number of rotatable bonds is 8. The van der Waals surface area contributed by atoms with Gasteiger partial charge in [0.2, 0.25) is 0 Å². The maximum absolute atomic E-state index is 13.9. The number of aryl methyl sites for hydroxylation is 1. The molecule has 1 aromatic heterocycles. The molecule has 1 saturated heterocycles. The second-order valence-corrected chi connectivity index (χ2v) is 8.48. The number of aliphatic carboxylic acids is 1. The third kappa shape index (κ3) is 5.89. The minimum atomic E-state index is -4.73. The van der Waals surface area contributed by atoms with Crippen LogP contribution in [0.1, 0.15) is 29.5 Å². The van der Waals surface area contributed by atoms with Crippen LogP contribution in [-0.4, -0.2) is 48.5 Å². The number of alkyl halides is 3. The van der Waals surface area contributed by atoms with Crippen molar-refractivity contribution in [1.29, 1.82) is 5.26 Å². The fraction of sp³-hybridized carbons (Fsp3) is 0.409. The number of carboxylic acid groups (broad SMARTS) is 1. The van der Waals surface area contributed by atoms with Crippen molar-refractivity contribution in [2.75, 3.05) is 36.6 Å². The molecule has 0 aliphatic carbocycles. The fourth-order valence-corrected chi connectivity index (χ4v) is 4.25. The highest BCUT2D eigenvalue weighted by atomic mass is 32.2. The van der Waals surface area contributed by atoms with E-state index in [-0.39, 0.29) is 30.5 Å². The monoisotopic (exact) mass is 479 g/mol. The molecule has 1 aromatic carbocycles. The van der Waals surface area contributed by atoms with Gasteiger partial charge in [-0.1, -0.05) is 6.07 Å². The predicted octanol–water partition coefficient (Wildman–Crippen LogP) is 4.25. The zero-order valence-corrected chi connectivity index (χ0v) is 19.0. The number of nitrogens with zero attached hydrogens (tertiary/aromatic N) is 3. The quantitative estimate of drug-likeness (QED) is 0.483. The minimum Gasteiger partial charge on any atom is -0.481 e. The molecule has 3 N–H and O–H groups in total. The summed E-state index contributed by atoms with van der Waals surface area (Å²) >= 11 is 1.37. The number of pyridine rings is 1. The van der Waals surface area contributed by atoms with Crippen molar-refractivity contribution in [2.24, 2.45) is 0 Å². The number of carbonyl (C=O) groups is 1. The summed E-state index contributed by atoms with van der Waals surface area (Å²) in [5.41, 5.74) is -0.453. The Kier molecular flexibility index (Phi) is 7.71. The van der Waals surface area contributed by atoms with E-state index in [1.54, 1.807) is 36.2 Å². The molecule has 0 bridgehead atoms. The van der Waals surface area contributed by atoms with E-state index < -0.39 is 23.3 Å². The van der Waals surface area contributed by atoms with E-state index in [1.807, 2.05) is 6.26 Å². The van der Waals surface area contributed by atoms with Crippen LogP contribution in [0.25, 0.3) is 0 Å². The van der Waals surface area contributed by atoms with Gasteiger partial charge >= 0.3 is 12.1 Å². The molecular weight excluding hydrogens is 455 g/mol. The van der Waals surface area contributed by atoms with Crippen molar-refractivity contribution < 1.29 is 23.1 Å². The van der Waals surface area contributed by atoms with Crippen LogP contribution in [0.2, 0.25) is 0 Å². The third-order valence-corrected chi connectivity index (χ3v) is 6.28. The van der Waals surface area contributed by atoms with E-state index in [2.05, 4.69) is 15.6 Å². The van der Waals surface area contributed by atoms with E-state index in [4.69, 9.17) is 5.11 Å². The number of likely N-dealkylation sites (N-methyl/N-ethyl adjacent to an activating group) is 1. The van der Waals surface area contributed by atoms with Gasteiger partial charge < -0.3 is 20.6 Å². The summed E-state index contributed by atoms with van der Waals surface area (Å²) in [5.74, 6) is -0.977. The molecule has 0 saturated carbocycles. The van der Waals surface area contributed by atoms with Gasteiger partial charge in [0.1, 0.15) is 17.5 Å². The molecular formula is C22H24F3N5O2S. The topological polar surface area (TPSA) is 101 Å². The second-order valence-electron chi connectivity index (χ2n) is 7.63. The summed E-state index contributed by atoms with van der Waals surface area (Å²) in [6.07, 6.45) is -1.95. The van der Waals surface area contributed by atoms with E-state index in [0.717, 1.165) is 17.4 Å². The summed E-state index contributed by atoms with van der Waals surface area (Å²) in [5, 5.41) is 24.6. The first kappa shape index (κ1) is 24.7. The molecule has 2 aromatic rings. The average Bonchev–Trinajstić information content (AvgIpc) is 3.26. The molecule has 3 rings (SSSR count). The van der Waals surface area contributed by atoms with Crippen LogP contribution in [0.3, 0.4) is 0 Å². The van der Waals surface area contributed by atoms with Crippen LogP contribution < -0.4 is 15.5 Å². The number of nitrogens with one attached hydrogen (secondary N) is 2.